The fraction of sp³-hybridized carbons (Fsp3) is 0.389. The highest BCUT2D eigenvalue weighted by Crippen LogP contribution is 2.34. The molecule has 0 saturated carbocycles. The van der Waals surface area contributed by atoms with E-state index in [1.165, 1.54) is 4.90 Å². The lowest BCUT2D eigenvalue weighted by Crippen LogP contribution is -2.36. The Morgan fingerprint density at radius 1 is 1.33 bits per heavy atom. The van der Waals surface area contributed by atoms with E-state index in [0.29, 0.717) is 24.9 Å². The number of anilines is 1. The number of imidazole rings is 1. The van der Waals surface area contributed by atoms with Gasteiger partial charge in [-0.3, -0.25) is 14.5 Å². The van der Waals surface area contributed by atoms with E-state index in [1.807, 2.05) is 26.0 Å². The lowest BCUT2D eigenvalue weighted by Gasteiger charge is -2.26. The third-order valence-electron chi connectivity index (χ3n) is 4.34. The van der Waals surface area contributed by atoms with Crippen LogP contribution in [0.3, 0.4) is 0 Å². The van der Waals surface area contributed by atoms with Crippen LogP contribution in [0.2, 0.25) is 0 Å². The Balaban J connectivity index is 2.03. The van der Waals surface area contributed by atoms with Crippen molar-refractivity contribution in [2.24, 2.45) is 0 Å². The summed E-state index contributed by atoms with van der Waals surface area (Å²) in [5.41, 5.74) is 2.52. The van der Waals surface area contributed by atoms with Crippen molar-refractivity contribution in [3.05, 3.63) is 35.9 Å². The minimum absolute atomic E-state index is 0.146. The molecule has 1 atom stereocenters. The standard InChI is InChI=1S/C18H21N3O3/c1-3-5-14-16(15(22)6-4-2)17(23)18(24)21(14)11-7-8-12-13(9-11)20-10-19-12/h7-10,14,23H,3-6H2,1-2H3,(H,19,20). The van der Waals surface area contributed by atoms with Crippen molar-refractivity contribution in [1.29, 1.82) is 0 Å². The molecule has 0 saturated heterocycles. The van der Waals surface area contributed by atoms with Crippen molar-refractivity contribution in [2.75, 3.05) is 4.90 Å². The highest BCUT2D eigenvalue weighted by Gasteiger charge is 2.42. The van der Waals surface area contributed by atoms with Crippen LogP contribution in [-0.2, 0) is 9.59 Å². The van der Waals surface area contributed by atoms with E-state index in [1.54, 1.807) is 12.4 Å². The number of carbonyl (C=O) groups excluding carboxylic acids is 2. The van der Waals surface area contributed by atoms with E-state index in [0.717, 1.165) is 17.5 Å². The molecule has 0 radical (unpaired) electrons. The summed E-state index contributed by atoms with van der Waals surface area (Å²) in [6.07, 6.45) is 4.04. The zero-order chi connectivity index (χ0) is 17.3. The van der Waals surface area contributed by atoms with Gasteiger partial charge in [0.05, 0.1) is 29.0 Å². The summed E-state index contributed by atoms with van der Waals surface area (Å²) in [4.78, 5) is 33.8. The second-order valence-electron chi connectivity index (χ2n) is 6.02. The van der Waals surface area contributed by atoms with E-state index in [2.05, 4.69) is 9.97 Å². The molecular formula is C18H21N3O3. The number of fused-ring (bicyclic) bond motifs is 1. The molecule has 0 fully saturated rings. The van der Waals surface area contributed by atoms with E-state index >= 15 is 0 Å². The van der Waals surface area contributed by atoms with Gasteiger partial charge in [-0.25, -0.2) is 4.98 Å². The Bertz CT molecular complexity index is 822. The van der Waals surface area contributed by atoms with Crippen LogP contribution in [0.25, 0.3) is 11.0 Å². The molecule has 6 nitrogen and oxygen atoms in total. The van der Waals surface area contributed by atoms with Gasteiger partial charge in [0.25, 0.3) is 5.91 Å². The highest BCUT2D eigenvalue weighted by molar-refractivity contribution is 6.16. The second-order valence-corrected chi connectivity index (χ2v) is 6.02. The molecule has 2 heterocycles. The summed E-state index contributed by atoms with van der Waals surface area (Å²) in [6, 6.07) is 5.02. The number of hydrogen-bond donors (Lipinski definition) is 2. The summed E-state index contributed by atoms with van der Waals surface area (Å²) < 4.78 is 0. The van der Waals surface area contributed by atoms with Gasteiger partial charge in [-0.05, 0) is 31.0 Å². The molecule has 6 heteroatoms. The lowest BCUT2D eigenvalue weighted by atomic mass is 9.97. The van der Waals surface area contributed by atoms with Crippen LogP contribution >= 0.6 is 0 Å². The summed E-state index contributed by atoms with van der Waals surface area (Å²) in [5, 5.41) is 10.3. The number of aromatic amines is 1. The Labute approximate surface area is 140 Å². The van der Waals surface area contributed by atoms with Crippen LogP contribution in [0.5, 0.6) is 0 Å². The zero-order valence-corrected chi connectivity index (χ0v) is 13.9. The Kier molecular flexibility index (Phi) is 4.38. The first kappa shape index (κ1) is 16.2. The van der Waals surface area contributed by atoms with Gasteiger partial charge in [-0.1, -0.05) is 20.3 Å². The SMILES string of the molecule is CCCC(=O)C1=C(O)C(=O)N(c2ccc3nc[nH]c3c2)C1CCC. The number of hydrogen-bond acceptors (Lipinski definition) is 4. The van der Waals surface area contributed by atoms with Gasteiger partial charge in [0, 0.05) is 12.1 Å². The van der Waals surface area contributed by atoms with Crippen molar-refractivity contribution in [3.8, 4) is 0 Å². The van der Waals surface area contributed by atoms with Crippen LogP contribution in [0.1, 0.15) is 39.5 Å². The van der Waals surface area contributed by atoms with Crippen molar-refractivity contribution in [2.45, 2.75) is 45.6 Å². The Morgan fingerprint density at radius 3 is 2.83 bits per heavy atom. The predicted molar refractivity (Wildman–Crippen MR) is 91.8 cm³/mol. The fourth-order valence-corrected chi connectivity index (χ4v) is 3.25. The number of aromatic nitrogens is 2. The molecule has 1 aliphatic heterocycles. The number of ketones is 1. The minimum atomic E-state index is -0.508. The van der Waals surface area contributed by atoms with Gasteiger partial charge < -0.3 is 10.1 Å². The molecule has 2 aromatic rings. The monoisotopic (exact) mass is 327 g/mol. The third-order valence-corrected chi connectivity index (χ3v) is 4.34. The molecule has 3 rings (SSSR count). The number of nitrogens with zero attached hydrogens (tertiary/aromatic N) is 2. The normalized spacial score (nSPS) is 18.0. The first-order chi connectivity index (χ1) is 11.6. The van der Waals surface area contributed by atoms with E-state index in [4.69, 9.17) is 0 Å². The van der Waals surface area contributed by atoms with Crippen molar-refractivity contribution in [1.82, 2.24) is 9.97 Å². The molecule has 1 aromatic heterocycles. The molecule has 1 amide bonds. The van der Waals surface area contributed by atoms with Crippen molar-refractivity contribution in [3.63, 3.8) is 0 Å². The molecule has 1 aliphatic rings. The second kappa shape index (κ2) is 6.47. The van der Waals surface area contributed by atoms with Gasteiger partial charge in [0.2, 0.25) is 0 Å². The highest BCUT2D eigenvalue weighted by atomic mass is 16.3. The van der Waals surface area contributed by atoms with E-state index < -0.39 is 17.7 Å². The van der Waals surface area contributed by atoms with Gasteiger partial charge >= 0.3 is 0 Å². The van der Waals surface area contributed by atoms with E-state index in [-0.39, 0.29) is 11.4 Å². The first-order valence-electron chi connectivity index (χ1n) is 8.31. The molecule has 126 valence electrons. The fourth-order valence-electron chi connectivity index (χ4n) is 3.25. The Hall–Kier alpha value is -2.63. The van der Waals surface area contributed by atoms with Gasteiger partial charge in [-0.2, -0.15) is 0 Å². The first-order valence-corrected chi connectivity index (χ1v) is 8.31. The third kappa shape index (κ3) is 2.58. The summed E-state index contributed by atoms with van der Waals surface area (Å²) in [7, 11) is 0. The maximum atomic E-state index is 12.6. The molecule has 0 bridgehead atoms. The molecule has 1 unspecified atom stereocenters. The number of H-pyrrole nitrogens is 1. The number of rotatable bonds is 6. The average molecular weight is 327 g/mol. The Morgan fingerprint density at radius 2 is 2.12 bits per heavy atom. The summed E-state index contributed by atoms with van der Waals surface area (Å²) in [5.74, 6) is -1.06. The van der Waals surface area contributed by atoms with Crippen LogP contribution in [-0.4, -0.2) is 32.8 Å². The number of aliphatic hydroxyl groups is 1. The van der Waals surface area contributed by atoms with E-state index in [9.17, 15) is 14.7 Å². The number of nitrogens with one attached hydrogen (secondary N) is 1. The molecule has 0 aliphatic carbocycles. The van der Waals surface area contributed by atoms with Crippen molar-refractivity contribution < 1.29 is 14.7 Å². The molecule has 2 N–H and O–H groups in total. The number of benzene rings is 1. The summed E-state index contributed by atoms with van der Waals surface area (Å²) >= 11 is 0. The van der Waals surface area contributed by atoms with Gasteiger partial charge in [0.1, 0.15) is 0 Å². The quantitative estimate of drug-likeness (QED) is 0.852. The van der Waals surface area contributed by atoms with Crippen LogP contribution < -0.4 is 4.90 Å². The molecular weight excluding hydrogens is 306 g/mol. The minimum Gasteiger partial charge on any atom is -0.503 e. The average Bonchev–Trinajstić information content (AvgIpc) is 3.11. The van der Waals surface area contributed by atoms with Crippen molar-refractivity contribution >= 4 is 28.4 Å². The number of aliphatic hydroxyl groups excluding tert-OH is 1. The summed E-state index contributed by atoms with van der Waals surface area (Å²) in [6.45, 7) is 3.91. The largest absolute Gasteiger partial charge is 0.503 e. The van der Waals surface area contributed by atoms with Crippen LogP contribution in [0, 0.1) is 0 Å². The maximum Gasteiger partial charge on any atom is 0.294 e. The van der Waals surface area contributed by atoms with Crippen LogP contribution in [0.4, 0.5) is 5.69 Å². The predicted octanol–water partition coefficient (Wildman–Crippen LogP) is 3.26. The topological polar surface area (TPSA) is 86.3 Å². The van der Waals surface area contributed by atoms with Gasteiger partial charge in [0.15, 0.2) is 11.5 Å². The van der Waals surface area contributed by atoms with Gasteiger partial charge in [-0.15, -0.1) is 0 Å². The molecule has 1 aromatic carbocycles. The zero-order valence-electron chi connectivity index (χ0n) is 13.9. The number of Topliss-reactive ketones (excluding diaryl/α,β-unsaturated/α-hetero) is 1. The number of carbonyl (C=O) groups is 2. The lowest BCUT2D eigenvalue weighted by molar-refractivity contribution is -0.118. The number of amides is 1. The van der Waals surface area contributed by atoms with Crippen LogP contribution in [0.15, 0.2) is 35.9 Å². The molecule has 24 heavy (non-hydrogen) atoms. The smallest absolute Gasteiger partial charge is 0.294 e. The maximum absolute atomic E-state index is 12.6. The molecule has 0 spiro atoms.